The van der Waals surface area contributed by atoms with Gasteiger partial charge in [-0.2, -0.15) is 0 Å². The summed E-state index contributed by atoms with van der Waals surface area (Å²) >= 11 is 5.99. The van der Waals surface area contributed by atoms with Gasteiger partial charge in [-0.3, -0.25) is 9.69 Å². The number of aromatic nitrogens is 2. The standard InChI is InChI=1S/C14H17ClN4O2/c1-17-12(15)8-16-13(17)9-18-3-5-19(6-4-18)14(20)11-2-7-21-10-11/h2,7-8,10H,3-6,9H2,1H3. The number of halogens is 1. The molecular weight excluding hydrogens is 292 g/mol. The summed E-state index contributed by atoms with van der Waals surface area (Å²) in [6.45, 7) is 3.82. The zero-order chi connectivity index (χ0) is 14.8. The highest BCUT2D eigenvalue weighted by molar-refractivity contribution is 6.29. The number of amides is 1. The van der Waals surface area contributed by atoms with Gasteiger partial charge < -0.3 is 13.9 Å². The van der Waals surface area contributed by atoms with Crippen molar-refractivity contribution in [2.24, 2.45) is 7.05 Å². The number of nitrogens with zero attached hydrogens (tertiary/aromatic N) is 4. The molecule has 3 heterocycles. The lowest BCUT2D eigenvalue weighted by molar-refractivity contribution is 0.0623. The average molecular weight is 309 g/mol. The first kappa shape index (κ1) is 14.2. The second-order valence-corrected chi connectivity index (χ2v) is 5.52. The van der Waals surface area contributed by atoms with E-state index in [0.717, 1.165) is 25.5 Å². The van der Waals surface area contributed by atoms with E-state index in [4.69, 9.17) is 16.0 Å². The van der Waals surface area contributed by atoms with Crippen LogP contribution in [0.25, 0.3) is 0 Å². The zero-order valence-corrected chi connectivity index (χ0v) is 12.6. The third kappa shape index (κ3) is 2.96. The predicted molar refractivity (Wildman–Crippen MR) is 78.1 cm³/mol. The number of hydrogen-bond acceptors (Lipinski definition) is 4. The molecule has 0 unspecified atom stereocenters. The molecule has 0 N–H and O–H groups in total. The smallest absolute Gasteiger partial charge is 0.257 e. The molecule has 0 radical (unpaired) electrons. The van der Waals surface area contributed by atoms with Crippen molar-refractivity contribution in [2.45, 2.75) is 6.54 Å². The van der Waals surface area contributed by atoms with Crippen molar-refractivity contribution >= 4 is 17.5 Å². The summed E-state index contributed by atoms with van der Waals surface area (Å²) in [5.74, 6) is 0.970. The molecule has 0 aliphatic carbocycles. The van der Waals surface area contributed by atoms with Crippen LogP contribution in [0.2, 0.25) is 5.15 Å². The van der Waals surface area contributed by atoms with Gasteiger partial charge in [0, 0.05) is 33.2 Å². The highest BCUT2D eigenvalue weighted by Crippen LogP contribution is 2.14. The van der Waals surface area contributed by atoms with Crippen LogP contribution in [0.4, 0.5) is 0 Å². The monoisotopic (exact) mass is 308 g/mol. The molecule has 1 fully saturated rings. The molecular formula is C14H17ClN4O2. The van der Waals surface area contributed by atoms with Gasteiger partial charge >= 0.3 is 0 Å². The number of piperazine rings is 1. The van der Waals surface area contributed by atoms with Crippen LogP contribution in [0.15, 0.2) is 29.2 Å². The summed E-state index contributed by atoms with van der Waals surface area (Å²) in [7, 11) is 1.91. The summed E-state index contributed by atoms with van der Waals surface area (Å²) in [6.07, 6.45) is 4.68. The Kier molecular flexibility index (Phi) is 3.98. The van der Waals surface area contributed by atoms with Crippen LogP contribution in [-0.2, 0) is 13.6 Å². The first-order chi connectivity index (χ1) is 10.1. The van der Waals surface area contributed by atoms with E-state index >= 15 is 0 Å². The lowest BCUT2D eigenvalue weighted by Gasteiger charge is -2.34. The Morgan fingerprint density at radius 3 is 2.71 bits per heavy atom. The number of furan rings is 1. The Labute approximate surface area is 127 Å². The molecule has 1 aliphatic heterocycles. The van der Waals surface area contributed by atoms with Crippen molar-refractivity contribution in [1.82, 2.24) is 19.4 Å². The van der Waals surface area contributed by atoms with E-state index in [2.05, 4.69) is 9.88 Å². The maximum atomic E-state index is 12.2. The summed E-state index contributed by atoms with van der Waals surface area (Å²) in [5.41, 5.74) is 0.610. The van der Waals surface area contributed by atoms with Crippen molar-refractivity contribution < 1.29 is 9.21 Å². The van der Waals surface area contributed by atoms with Crippen LogP contribution < -0.4 is 0 Å². The van der Waals surface area contributed by atoms with Gasteiger partial charge in [0.1, 0.15) is 17.2 Å². The SMILES string of the molecule is Cn1c(Cl)cnc1CN1CCN(C(=O)c2ccoc2)CC1. The van der Waals surface area contributed by atoms with Gasteiger partial charge in [-0.1, -0.05) is 11.6 Å². The van der Waals surface area contributed by atoms with E-state index in [1.807, 2.05) is 16.5 Å². The lowest BCUT2D eigenvalue weighted by atomic mass is 10.2. The van der Waals surface area contributed by atoms with Gasteiger partial charge in [0.05, 0.1) is 24.6 Å². The van der Waals surface area contributed by atoms with Crippen LogP contribution in [0, 0.1) is 0 Å². The molecule has 0 bridgehead atoms. The zero-order valence-electron chi connectivity index (χ0n) is 11.8. The number of hydrogen-bond donors (Lipinski definition) is 0. The summed E-state index contributed by atoms with van der Waals surface area (Å²) in [6, 6.07) is 1.70. The Morgan fingerprint density at radius 1 is 1.38 bits per heavy atom. The van der Waals surface area contributed by atoms with Crippen LogP contribution in [0.5, 0.6) is 0 Å². The molecule has 2 aromatic heterocycles. The van der Waals surface area contributed by atoms with E-state index in [1.165, 1.54) is 12.5 Å². The van der Waals surface area contributed by atoms with Gasteiger partial charge in [0.2, 0.25) is 0 Å². The molecule has 21 heavy (non-hydrogen) atoms. The Hall–Kier alpha value is -1.79. The van der Waals surface area contributed by atoms with Crippen LogP contribution in [0.1, 0.15) is 16.2 Å². The lowest BCUT2D eigenvalue weighted by Crippen LogP contribution is -2.48. The number of carbonyl (C=O) groups is 1. The van der Waals surface area contributed by atoms with Gasteiger partial charge in [-0.05, 0) is 6.07 Å². The molecule has 0 atom stereocenters. The van der Waals surface area contributed by atoms with Crippen molar-refractivity contribution in [2.75, 3.05) is 26.2 Å². The minimum atomic E-state index is 0.0310. The Balaban J connectivity index is 1.56. The molecule has 0 aromatic carbocycles. The highest BCUT2D eigenvalue weighted by Gasteiger charge is 2.23. The van der Waals surface area contributed by atoms with E-state index < -0.39 is 0 Å². The molecule has 7 heteroatoms. The molecule has 3 rings (SSSR count). The fraction of sp³-hybridized carbons (Fsp3) is 0.429. The van der Waals surface area contributed by atoms with Gasteiger partial charge in [0.25, 0.3) is 5.91 Å². The van der Waals surface area contributed by atoms with Crippen LogP contribution in [-0.4, -0.2) is 51.4 Å². The average Bonchev–Trinajstić information content (AvgIpc) is 3.13. The normalized spacial score (nSPS) is 16.4. The summed E-state index contributed by atoms with van der Waals surface area (Å²) in [5, 5.41) is 0.638. The fourth-order valence-corrected chi connectivity index (χ4v) is 2.60. The largest absolute Gasteiger partial charge is 0.472 e. The van der Waals surface area contributed by atoms with Crippen molar-refractivity contribution in [3.63, 3.8) is 0 Å². The molecule has 2 aromatic rings. The first-order valence-corrected chi connectivity index (χ1v) is 7.23. The predicted octanol–water partition coefficient (Wildman–Crippen LogP) is 1.62. The molecule has 1 amide bonds. The minimum absolute atomic E-state index is 0.0310. The topological polar surface area (TPSA) is 54.5 Å². The first-order valence-electron chi connectivity index (χ1n) is 6.85. The van der Waals surface area contributed by atoms with Crippen LogP contribution >= 0.6 is 11.6 Å². The number of imidazole rings is 1. The molecule has 1 saturated heterocycles. The second kappa shape index (κ2) is 5.91. The third-order valence-electron chi connectivity index (χ3n) is 3.82. The Bertz CT molecular complexity index is 615. The van der Waals surface area contributed by atoms with Gasteiger partial charge in [0.15, 0.2) is 0 Å². The fourth-order valence-electron chi connectivity index (χ4n) is 2.45. The van der Waals surface area contributed by atoms with Gasteiger partial charge in [-0.15, -0.1) is 0 Å². The van der Waals surface area contributed by atoms with Crippen LogP contribution in [0.3, 0.4) is 0 Å². The van der Waals surface area contributed by atoms with E-state index in [0.29, 0.717) is 23.8 Å². The van der Waals surface area contributed by atoms with Crippen molar-refractivity contribution in [1.29, 1.82) is 0 Å². The van der Waals surface area contributed by atoms with E-state index in [1.54, 1.807) is 12.3 Å². The summed E-state index contributed by atoms with van der Waals surface area (Å²) in [4.78, 5) is 20.6. The minimum Gasteiger partial charge on any atom is -0.472 e. The molecule has 1 aliphatic rings. The molecule has 0 spiro atoms. The third-order valence-corrected chi connectivity index (χ3v) is 4.17. The second-order valence-electron chi connectivity index (χ2n) is 5.14. The Morgan fingerprint density at radius 2 is 2.14 bits per heavy atom. The van der Waals surface area contributed by atoms with Crippen molar-refractivity contribution in [3.05, 3.63) is 41.3 Å². The quantitative estimate of drug-likeness (QED) is 0.865. The maximum absolute atomic E-state index is 12.2. The molecule has 6 nitrogen and oxygen atoms in total. The van der Waals surface area contributed by atoms with Crippen molar-refractivity contribution in [3.8, 4) is 0 Å². The maximum Gasteiger partial charge on any atom is 0.257 e. The van der Waals surface area contributed by atoms with E-state index in [9.17, 15) is 4.79 Å². The highest BCUT2D eigenvalue weighted by atomic mass is 35.5. The van der Waals surface area contributed by atoms with Gasteiger partial charge in [-0.25, -0.2) is 4.98 Å². The molecule has 0 saturated carbocycles. The number of rotatable bonds is 3. The number of carbonyl (C=O) groups excluding carboxylic acids is 1. The molecule has 112 valence electrons. The summed E-state index contributed by atoms with van der Waals surface area (Å²) < 4.78 is 6.84. The van der Waals surface area contributed by atoms with E-state index in [-0.39, 0.29) is 5.91 Å².